The van der Waals surface area contributed by atoms with Crippen LogP contribution in [0.15, 0.2) is 35.2 Å². The average molecular weight is 421 g/mol. The summed E-state index contributed by atoms with van der Waals surface area (Å²) in [7, 11) is -3.99. The van der Waals surface area contributed by atoms with Gasteiger partial charge in [-0.25, -0.2) is 12.8 Å². The van der Waals surface area contributed by atoms with E-state index in [0.717, 1.165) is 17.2 Å². The number of sulfonamides is 1. The predicted octanol–water partition coefficient (Wildman–Crippen LogP) is 3.15. The smallest absolute Gasteiger partial charge is 0.324 e. The first-order chi connectivity index (χ1) is 13.4. The van der Waals surface area contributed by atoms with Gasteiger partial charge in [-0.05, 0) is 69.0 Å². The largest absolute Gasteiger partial charge is 0.456 e. The Hall–Kier alpha value is -2.58. The summed E-state index contributed by atoms with van der Waals surface area (Å²) in [6.07, 6.45) is 0. The molecule has 0 saturated carbocycles. The van der Waals surface area contributed by atoms with Crippen molar-refractivity contribution in [3.8, 4) is 0 Å². The minimum absolute atomic E-state index is 0.0625. The molecule has 0 saturated heterocycles. The number of esters is 1. The lowest BCUT2D eigenvalue weighted by molar-refractivity contribution is -0.144. The predicted molar refractivity (Wildman–Crippen MR) is 107 cm³/mol. The molecule has 2 aromatic rings. The highest BCUT2D eigenvalue weighted by Gasteiger charge is 2.27. The van der Waals surface area contributed by atoms with Crippen LogP contribution in [0.2, 0.25) is 0 Å². The number of benzene rings is 2. The molecule has 29 heavy (non-hydrogen) atoms. The van der Waals surface area contributed by atoms with Crippen LogP contribution in [0.3, 0.4) is 0 Å². The number of rotatable bonds is 7. The molecule has 1 atom stereocenters. The van der Waals surface area contributed by atoms with Crippen molar-refractivity contribution < 1.29 is 27.1 Å². The number of halogens is 1. The number of ether oxygens (including phenoxy) is 1. The highest BCUT2D eigenvalue weighted by molar-refractivity contribution is 7.89. The van der Waals surface area contributed by atoms with Crippen LogP contribution in [-0.4, -0.2) is 32.8 Å². The second kappa shape index (κ2) is 8.84. The van der Waals surface area contributed by atoms with E-state index in [-0.39, 0.29) is 10.5 Å². The number of hydrogen-bond donors (Lipinski definition) is 1. The standard InChI is InChI=1S/C21H24FNO5S/c1-12-9-13(2)15(4)20(14(12)3)29(26,27)23-16(5)21(25)28-11-19(24)17-7-6-8-18(22)10-17/h6-10,16,23H,11H2,1-5H3/t16-/m0/s1. The molecule has 0 spiro atoms. The summed E-state index contributed by atoms with van der Waals surface area (Å²) < 4.78 is 46.1. The third-order valence-corrected chi connectivity index (χ3v) is 6.56. The first-order valence-corrected chi connectivity index (χ1v) is 10.5. The van der Waals surface area contributed by atoms with Gasteiger partial charge in [-0.15, -0.1) is 0 Å². The Bertz CT molecular complexity index is 1040. The molecule has 2 aromatic carbocycles. The molecule has 0 aliphatic rings. The number of ketones is 1. The highest BCUT2D eigenvalue weighted by atomic mass is 32.2. The Labute approximate surface area is 170 Å². The monoisotopic (exact) mass is 421 g/mol. The topological polar surface area (TPSA) is 89.5 Å². The van der Waals surface area contributed by atoms with Crippen LogP contribution in [0, 0.1) is 33.5 Å². The van der Waals surface area contributed by atoms with Crippen molar-refractivity contribution in [3.63, 3.8) is 0 Å². The van der Waals surface area contributed by atoms with Gasteiger partial charge in [0.2, 0.25) is 10.0 Å². The first kappa shape index (κ1) is 22.7. The van der Waals surface area contributed by atoms with Gasteiger partial charge in [-0.2, -0.15) is 4.72 Å². The summed E-state index contributed by atoms with van der Waals surface area (Å²) in [6, 6.07) is 5.69. The number of carbonyl (C=O) groups is 2. The maximum absolute atomic E-state index is 13.2. The molecule has 1 N–H and O–H groups in total. The van der Waals surface area contributed by atoms with Crippen molar-refractivity contribution in [2.75, 3.05) is 6.61 Å². The third kappa shape index (κ3) is 5.27. The first-order valence-electron chi connectivity index (χ1n) is 8.99. The van der Waals surface area contributed by atoms with Crippen molar-refractivity contribution in [1.82, 2.24) is 4.72 Å². The molecule has 6 nitrogen and oxygen atoms in total. The van der Waals surface area contributed by atoms with E-state index in [1.807, 2.05) is 19.9 Å². The molecule has 8 heteroatoms. The zero-order chi connectivity index (χ0) is 21.9. The van der Waals surface area contributed by atoms with Crippen LogP contribution >= 0.6 is 0 Å². The Balaban J connectivity index is 2.10. The van der Waals surface area contributed by atoms with Crippen LogP contribution in [0.1, 0.15) is 39.5 Å². The third-order valence-electron chi connectivity index (χ3n) is 4.74. The molecule has 0 aliphatic heterocycles. The van der Waals surface area contributed by atoms with Gasteiger partial charge in [0, 0.05) is 5.56 Å². The fourth-order valence-electron chi connectivity index (χ4n) is 2.93. The quantitative estimate of drug-likeness (QED) is 0.548. The Morgan fingerprint density at radius 2 is 1.66 bits per heavy atom. The van der Waals surface area contributed by atoms with Crippen molar-refractivity contribution in [1.29, 1.82) is 0 Å². The van der Waals surface area contributed by atoms with E-state index in [1.54, 1.807) is 13.8 Å². The van der Waals surface area contributed by atoms with E-state index in [1.165, 1.54) is 25.1 Å². The number of carbonyl (C=O) groups excluding carboxylic acids is 2. The normalized spacial score (nSPS) is 12.5. The SMILES string of the molecule is Cc1cc(C)c(C)c(S(=O)(=O)N[C@@H](C)C(=O)OCC(=O)c2cccc(F)c2)c1C. The summed E-state index contributed by atoms with van der Waals surface area (Å²) in [5.41, 5.74) is 2.91. The van der Waals surface area contributed by atoms with Crippen molar-refractivity contribution in [2.45, 2.75) is 45.6 Å². The molecular formula is C21H24FNO5S. The van der Waals surface area contributed by atoms with Crippen LogP contribution in [0.5, 0.6) is 0 Å². The highest BCUT2D eigenvalue weighted by Crippen LogP contribution is 2.26. The van der Waals surface area contributed by atoms with Crippen LogP contribution < -0.4 is 4.72 Å². The van der Waals surface area contributed by atoms with Crippen molar-refractivity contribution >= 4 is 21.8 Å². The van der Waals surface area contributed by atoms with Gasteiger partial charge < -0.3 is 4.74 Å². The minimum atomic E-state index is -3.99. The van der Waals surface area contributed by atoms with Crippen LogP contribution in [-0.2, 0) is 19.6 Å². The number of aryl methyl sites for hydroxylation is 2. The lowest BCUT2D eigenvalue weighted by atomic mass is 10.0. The fourth-order valence-corrected chi connectivity index (χ4v) is 4.74. The molecule has 2 rings (SSSR count). The van der Waals surface area contributed by atoms with Gasteiger partial charge >= 0.3 is 5.97 Å². The zero-order valence-electron chi connectivity index (χ0n) is 17.0. The molecule has 156 valence electrons. The van der Waals surface area contributed by atoms with Gasteiger partial charge in [-0.1, -0.05) is 18.2 Å². The molecule has 0 radical (unpaired) electrons. The summed E-state index contributed by atoms with van der Waals surface area (Å²) in [6.45, 7) is 7.76. The minimum Gasteiger partial charge on any atom is -0.456 e. The van der Waals surface area contributed by atoms with Crippen LogP contribution in [0.4, 0.5) is 4.39 Å². The van der Waals surface area contributed by atoms with Gasteiger partial charge in [0.15, 0.2) is 12.4 Å². The Morgan fingerprint density at radius 1 is 1.07 bits per heavy atom. The molecule has 0 aromatic heterocycles. The summed E-state index contributed by atoms with van der Waals surface area (Å²) >= 11 is 0. The molecule has 0 amide bonds. The maximum Gasteiger partial charge on any atom is 0.324 e. The second-order valence-corrected chi connectivity index (χ2v) is 8.62. The molecule has 0 heterocycles. The molecular weight excluding hydrogens is 397 g/mol. The number of hydrogen-bond acceptors (Lipinski definition) is 5. The average Bonchev–Trinajstić information content (AvgIpc) is 2.63. The van der Waals surface area contributed by atoms with Gasteiger partial charge in [-0.3, -0.25) is 9.59 Å². The summed E-state index contributed by atoms with van der Waals surface area (Å²) in [5.74, 6) is -2.07. The van der Waals surface area contributed by atoms with E-state index in [4.69, 9.17) is 4.74 Å². The Morgan fingerprint density at radius 3 is 2.21 bits per heavy atom. The van der Waals surface area contributed by atoms with Gasteiger partial charge in [0.25, 0.3) is 0 Å². The molecule has 0 bridgehead atoms. The van der Waals surface area contributed by atoms with E-state index in [2.05, 4.69) is 4.72 Å². The summed E-state index contributed by atoms with van der Waals surface area (Å²) in [4.78, 5) is 24.3. The fraction of sp³-hybridized carbons (Fsp3) is 0.333. The van der Waals surface area contributed by atoms with Crippen molar-refractivity contribution in [3.05, 3.63) is 64.0 Å². The van der Waals surface area contributed by atoms with Gasteiger partial charge in [0.1, 0.15) is 11.9 Å². The van der Waals surface area contributed by atoms with E-state index in [9.17, 15) is 22.4 Å². The Kier molecular flexibility index (Phi) is 6.92. The molecule has 0 aliphatic carbocycles. The lowest BCUT2D eigenvalue weighted by Crippen LogP contribution is -2.40. The maximum atomic E-state index is 13.2. The lowest BCUT2D eigenvalue weighted by Gasteiger charge is -2.18. The number of Topliss-reactive ketones (excluding diaryl/α,β-unsaturated/α-hetero) is 1. The van der Waals surface area contributed by atoms with Crippen molar-refractivity contribution in [2.24, 2.45) is 0 Å². The second-order valence-electron chi connectivity index (χ2n) is 6.97. The van der Waals surface area contributed by atoms with Crippen LogP contribution in [0.25, 0.3) is 0 Å². The summed E-state index contributed by atoms with van der Waals surface area (Å²) in [5, 5.41) is 0. The number of nitrogens with one attached hydrogen (secondary N) is 1. The van der Waals surface area contributed by atoms with Gasteiger partial charge in [0.05, 0.1) is 4.90 Å². The zero-order valence-corrected chi connectivity index (χ0v) is 17.8. The van der Waals surface area contributed by atoms with E-state index >= 15 is 0 Å². The van der Waals surface area contributed by atoms with E-state index in [0.29, 0.717) is 11.1 Å². The molecule has 0 unspecified atom stereocenters. The van der Waals surface area contributed by atoms with E-state index < -0.39 is 40.2 Å². The molecule has 0 fully saturated rings.